The smallest absolute Gasteiger partial charge is 0.260 e. The fourth-order valence-electron chi connectivity index (χ4n) is 2.10. The number of amides is 1. The van der Waals surface area contributed by atoms with Crippen molar-refractivity contribution in [2.75, 3.05) is 13.1 Å². The van der Waals surface area contributed by atoms with E-state index in [9.17, 15) is 9.18 Å². The zero-order chi connectivity index (χ0) is 14.5. The average Bonchev–Trinajstić information content (AvgIpc) is 2.43. The number of ether oxygens (including phenoxy) is 1. The summed E-state index contributed by atoms with van der Waals surface area (Å²) in [6.07, 6.45) is 1.15. The van der Waals surface area contributed by atoms with Crippen molar-refractivity contribution in [3.8, 4) is 5.75 Å². The molecule has 118 valence electrons. The largest absolute Gasteiger partial charge is 0.479 e. The quantitative estimate of drug-likeness (QED) is 0.888. The van der Waals surface area contributed by atoms with E-state index in [1.165, 1.54) is 12.1 Å². The minimum atomic E-state index is -0.673. The van der Waals surface area contributed by atoms with E-state index in [0.717, 1.165) is 32.0 Å². The number of nitrogens with one attached hydrogen (secondary N) is 2. The summed E-state index contributed by atoms with van der Waals surface area (Å²) in [6.45, 7) is 3.46. The van der Waals surface area contributed by atoms with Crippen LogP contribution in [0.5, 0.6) is 5.75 Å². The Labute approximate surface area is 134 Å². The van der Waals surface area contributed by atoms with Crippen LogP contribution in [0.4, 0.5) is 4.39 Å². The zero-order valence-corrected chi connectivity index (χ0v) is 13.3. The van der Waals surface area contributed by atoms with E-state index < -0.39 is 11.9 Å². The molecule has 1 amide bonds. The second-order valence-corrected chi connectivity index (χ2v) is 5.27. The van der Waals surface area contributed by atoms with Gasteiger partial charge in [-0.15, -0.1) is 12.4 Å². The van der Waals surface area contributed by atoms with Gasteiger partial charge >= 0.3 is 0 Å². The number of rotatable bonds is 4. The molecule has 21 heavy (non-hydrogen) atoms. The maximum absolute atomic E-state index is 12.9. The number of carbonyl (C=O) groups excluding carboxylic acids is 1. The summed E-state index contributed by atoms with van der Waals surface area (Å²) in [6, 6.07) is 4.01. The fraction of sp³-hybridized carbons (Fsp3) is 0.500. The number of halogens is 3. The van der Waals surface area contributed by atoms with Gasteiger partial charge in [0.05, 0.1) is 5.02 Å². The number of hydrogen-bond acceptors (Lipinski definition) is 3. The third kappa shape index (κ3) is 5.34. The molecule has 0 aliphatic carbocycles. The zero-order valence-electron chi connectivity index (χ0n) is 11.7. The number of hydrogen-bond donors (Lipinski definition) is 2. The molecule has 1 aromatic rings. The van der Waals surface area contributed by atoms with Gasteiger partial charge in [-0.05, 0) is 51.1 Å². The van der Waals surface area contributed by atoms with E-state index in [2.05, 4.69) is 10.6 Å². The van der Waals surface area contributed by atoms with Crippen LogP contribution in [0.25, 0.3) is 0 Å². The molecule has 2 rings (SSSR count). The molecule has 7 heteroatoms. The van der Waals surface area contributed by atoms with Crippen molar-refractivity contribution in [3.05, 3.63) is 29.0 Å². The van der Waals surface area contributed by atoms with Gasteiger partial charge in [-0.3, -0.25) is 4.79 Å². The Morgan fingerprint density at radius 2 is 2.14 bits per heavy atom. The summed E-state index contributed by atoms with van der Waals surface area (Å²) in [4.78, 5) is 12.0. The Hall–Kier alpha value is -1.04. The minimum Gasteiger partial charge on any atom is -0.479 e. The molecule has 0 radical (unpaired) electrons. The normalized spacial score (nSPS) is 16.7. The Balaban J connectivity index is 0.00000220. The topological polar surface area (TPSA) is 50.4 Å². The van der Waals surface area contributed by atoms with Crippen molar-refractivity contribution < 1.29 is 13.9 Å². The predicted octanol–water partition coefficient (Wildman–Crippen LogP) is 2.54. The van der Waals surface area contributed by atoms with Gasteiger partial charge < -0.3 is 15.4 Å². The highest BCUT2D eigenvalue weighted by molar-refractivity contribution is 6.32. The van der Waals surface area contributed by atoms with Crippen molar-refractivity contribution >= 4 is 29.9 Å². The van der Waals surface area contributed by atoms with Gasteiger partial charge in [0.2, 0.25) is 0 Å². The van der Waals surface area contributed by atoms with Gasteiger partial charge in [0, 0.05) is 6.04 Å². The predicted molar refractivity (Wildman–Crippen MR) is 82.8 cm³/mol. The SMILES string of the molecule is CC(Oc1ccc(F)cc1Cl)C(=O)NC1CCNCC1.Cl. The third-order valence-corrected chi connectivity index (χ3v) is 3.55. The van der Waals surface area contributed by atoms with Crippen molar-refractivity contribution in [3.63, 3.8) is 0 Å². The standard InChI is InChI=1S/C14H18ClFN2O2.ClH/c1-9(14(19)18-11-4-6-17-7-5-11)20-13-3-2-10(16)8-12(13)15;/h2-3,8-9,11,17H,4-7H2,1H3,(H,18,19);1H. The van der Waals surface area contributed by atoms with Gasteiger partial charge in [0.15, 0.2) is 6.10 Å². The first-order valence-corrected chi connectivity index (χ1v) is 7.07. The first kappa shape index (κ1) is 18.0. The van der Waals surface area contributed by atoms with Gasteiger partial charge in [-0.25, -0.2) is 4.39 Å². The maximum atomic E-state index is 12.9. The number of benzene rings is 1. The molecule has 1 unspecified atom stereocenters. The summed E-state index contributed by atoms with van der Waals surface area (Å²) in [5.74, 6) is -0.313. The Morgan fingerprint density at radius 1 is 1.48 bits per heavy atom. The van der Waals surface area contributed by atoms with E-state index in [-0.39, 0.29) is 29.4 Å². The molecular formula is C14H19Cl2FN2O2. The third-order valence-electron chi connectivity index (χ3n) is 3.25. The van der Waals surface area contributed by atoms with E-state index >= 15 is 0 Å². The highest BCUT2D eigenvalue weighted by Crippen LogP contribution is 2.25. The fourth-order valence-corrected chi connectivity index (χ4v) is 2.31. The van der Waals surface area contributed by atoms with Crippen LogP contribution < -0.4 is 15.4 Å². The molecule has 1 saturated heterocycles. The lowest BCUT2D eigenvalue weighted by molar-refractivity contribution is -0.128. The molecule has 1 atom stereocenters. The molecule has 0 bridgehead atoms. The second-order valence-electron chi connectivity index (χ2n) is 4.87. The number of piperidine rings is 1. The number of carbonyl (C=O) groups is 1. The van der Waals surface area contributed by atoms with Crippen LogP contribution >= 0.6 is 24.0 Å². The monoisotopic (exact) mass is 336 g/mol. The van der Waals surface area contributed by atoms with Crippen molar-refractivity contribution in [2.24, 2.45) is 0 Å². The van der Waals surface area contributed by atoms with E-state index in [1.807, 2.05) is 0 Å². The van der Waals surface area contributed by atoms with Crippen LogP contribution in [0.1, 0.15) is 19.8 Å². The van der Waals surface area contributed by atoms with E-state index in [4.69, 9.17) is 16.3 Å². The lowest BCUT2D eigenvalue weighted by atomic mass is 10.1. The molecule has 0 aromatic heterocycles. The summed E-state index contributed by atoms with van der Waals surface area (Å²) in [5.41, 5.74) is 0. The van der Waals surface area contributed by atoms with Gasteiger partial charge in [0.1, 0.15) is 11.6 Å². The summed E-state index contributed by atoms with van der Waals surface area (Å²) >= 11 is 5.87. The molecular weight excluding hydrogens is 318 g/mol. The molecule has 0 spiro atoms. The lowest BCUT2D eigenvalue weighted by Gasteiger charge is -2.25. The van der Waals surface area contributed by atoms with Crippen molar-refractivity contribution in [2.45, 2.75) is 31.9 Å². The van der Waals surface area contributed by atoms with Crippen LogP contribution in [-0.2, 0) is 4.79 Å². The highest BCUT2D eigenvalue weighted by Gasteiger charge is 2.21. The molecule has 1 aliphatic rings. The summed E-state index contributed by atoms with van der Waals surface area (Å²) < 4.78 is 18.4. The van der Waals surface area contributed by atoms with E-state index in [1.54, 1.807) is 6.92 Å². The van der Waals surface area contributed by atoms with Crippen LogP contribution in [0, 0.1) is 5.82 Å². The first-order chi connectivity index (χ1) is 9.56. The molecule has 1 fully saturated rings. The van der Waals surface area contributed by atoms with Crippen molar-refractivity contribution in [1.29, 1.82) is 0 Å². The molecule has 0 saturated carbocycles. The van der Waals surface area contributed by atoms with Crippen LogP contribution in [0.2, 0.25) is 5.02 Å². The summed E-state index contributed by atoms with van der Waals surface area (Å²) in [5, 5.41) is 6.34. The van der Waals surface area contributed by atoms with Gasteiger partial charge in [0.25, 0.3) is 5.91 Å². The first-order valence-electron chi connectivity index (χ1n) is 6.69. The summed E-state index contributed by atoms with van der Waals surface area (Å²) in [7, 11) is 0. The van der Waals surface area contributed by atoms with Crippen LogP contribution in [-0.4, -0.2) is 31.1 Å². The average molecular weight is 337 g/mol. The Kier molecular flexibility index (Phi) is 7.22. The molecule has 1 aliphatic heterocycles. The van der Waals surface area contributed by atoms with E-state index in [0.29, 0.717) is 5.75 Å². The van der Waals surface area contributed by atoms with Gasteiger partial charge in [-0.2, -0.15) is 0 Å². The van der Waals surface area contributed by atoms with Crippen LogP contribution in [0.3, 0.4) is 0 Å². The van der Waals surface area contributed by atoms with Crippen LogP contribution in [0.15, 0.2) is 18.2 Å². The molecule has 2 N–H and O–H groups in total. The Morgan fingerprint density at radius 3 is 2.76 bits per heavy atom. The Bertz CT molecular complexity index is 482. The van der Waals surface area contributed by atoms with Crippen molar-refractivity contribution in [1.82, 2.24) is 10.6 Å². The lowest BCUT2D eigenvalue weighted by Crippen LogP contribution is -2.47. The second kappa shape index (κ2) is 8.41. The minimum absolute atomic E-state index is 0. The molecule has 1 heterocycles. The molecule has 1 aromatic carbocycles. The molecule has 4 nitrogen and oxygen atoms in total. The maximum Gasteiger partial charge on any atom is 0.260 e. The van der Waals surface area contributed by atoms with Gasteiger partial charge in [-0.1, -0.05) is 11.6 Å². The highest BCUT2D eigenvalue weighted by atomic mass is 35.5.